The Hall–Kier alpha value is -3.66. The predicted molar refractivity (Wildman–Crippen MR) is 159 cm³/mol. The Kier molecular flexibility index (Phi) is 8.22. The maximum absolute atomic E-state index is 13.7. The van der Waals surface area contributed by atoms with Gasteiger partial charge in [0.25, 0.3) is 0 Å². The van der Waals surface area contributed by atoms with Crippen molar-refractivity contribution in [3.63, 3.8) is 0 Å². The van der Waals surface area contributed by atoms with Crippen molar-refractivity contribution in [2.24, 2.45) is 0 Å². The number of H-pyrrole nitrogens is 1. The molecule has 5 aromatic rings. The summed E-state index contributed by atoms with van der Waals surface area (Å²) in [5.74, 6) is 1.42. The second-order valence-corrected chi connectivity index (χ2v) is 10.8. The Morgan fingerprint density at radius 3 is 2.46 bits per heavy atom. The van der Waals surface area contributed by atoms with Crippen molar-refractivity contribution in [1.29, 1.82) is 0 Å². The zero-order valence-corrected chi connectivity index (χ0v) is 22.8. The Labute approximate surface area is 259 Å². The van der Waals surface area contributed by atoms with Gasteiger partial charge in [-0.2, -0.15) is 4.68 Å². The molecule has 41 heavy (non-hydrogen) atoms. The van der Waals surface area contributed by atoms with Crippen LogP contribution in [0.5, 0.6) is 5.75 Å². The summed E-state index contributed by atoms with van der Waals surface area (Å²) in [6.45, 7) is 6.68. The second kappa shape index (κ2) is 11.7. The molecule has 6 rings (SSSR count). The number of benzene rings is 3. The number of nitrogens with one attached hydrogen (secondary N) is 1. The predicted octanol–water partition coefficient (Wildman–Crippen LogP) is 4.50. The molecule has 9 nitrogen and oxygen atoms in total. The van der Waals surface area contributed by atoms with E-state index in [0.29, 0.717) is 12.4 Å². The standard InChI is InChI=1S/C31H31N5O4.Na.H/c1-4-5-10-27-33-36(23-15-16-26-22(17-23)18-31(2,3)39-26)30(38)35(27)19-20-11-13-21(14-12-20)24-8-6-7-9-25(24)28-32-29(37)40-34-28;;/h6-9,11-17H,4-5,10,18-19H2,1-3H3,(H,32,34,37);;. The Morgan fingerprint density at radius 1 is 1.00 bits per heavy atom. The topological polar surface area (TPSA) is 108 Å². The van der Waals surface area contributed by atoms with Crippen LogP contribution < -0.4 is 16.2 Å². The summed E-state index contributed by atoms with van der Waals surface area (Å²) in [5, 5.41) is 8.61. The van der Waals surface area contributed by atoms with Gasteiger partial charge in [0.1, 0.15) is 17.2 Å². The number of aryl methyl sites for hydroxylation is 1. The molecule has 0 atom stereocenters. The van der Waals surface area contributed by atoms with Crippen molar-refractivity contribution in [1.82, 2.24) is 24.5 Å². The van der Waals surface area contributed by atoms with E-state index in [1.54, 1.807) is 4.57 Å². The number of aromatic nitrogens is 5. The molecule has 0 aliphatic carbocycles. The number of nitrogens with zero attached hydrogens (tertiary/aromatic N) is 4. The normalized spacial score (nSPS) is 13.4. The molecule has 1 aliphatic rings. The number of aromatic amines is 1. The summed E-state index contributed by atoms with van der Waals surface area (Å²) in [4.78, 5) is 27.8. The van der Waals surface area contributed by atoms with Crippen molar-refractivity contribution in [3.05, 3.63) is 105 Å². The molecule has 10 heteroatoms. The maximum atomic E-state index is 13.7. The van der Waals surface area contributed by atoms with E-state index in [1.165, 1.54) is 4.68 Å². The first-order valence-corrected chi connectivity index (χ1v) is 13.6. The average Bonchev–Trinajstić information content (AvgIpc) is 3.61. The number of rotatable bonds is 8. The van der Waals surface area contributed by atoms with Crippen LogP contribution >= 0.6 is 0 Å². The number of hydrogen-bond acceptors (Lipinski definition) is 6. The van der Waals surface area contributed by atoms with Gasteiger partial charge in [-0.15, -0.1) is 5.10 Å². The third-order valence-corrected chi connectivity index (χ3v) is 7.21. The Bertz CT molecular complexity index is 1800. The number of ether oxygens (including phenoxy) is 1. The minimum atomic E-state index is -0.595. The van der Waals surface area contributed by atoms with Gasteiger partial charge < -0.3 is 4.74 Å². The Morgan fingerprint density at radius 2 is 1.76 bits per heavy atom. The van der Waals surface area contributed by atoms with E-state index < -0.39 is 5.76 Å². The quantitative estimate of drug-likeness (QED) is 0.280. The zero-order chi connectivity index (χ0) is 27.9. The number of unbranched alkanes of at least 4 members (excludes halogenated alkanes) is 1. The van der Waals surface area contributed by atoms with Crippen molar-refractivity contribution < 1.29 is 9.26 Å². The van der Waals surface area contributed by atoms with Crippen LogP contribution in [0.1, 0.15) is 50.6 Å². The van der Waals surface area contributed by atoms with Gasteiger partial charge in [0.2, 0.25) is 0 Å². The molecule has 3 aromatic carbocycles. The van der Waals surface area contributed by atoms with Crippen molar-refractivity contribution in [2.75, 3.05) is 0 Å². The van der Waals surface area contributed by atoms with Gasteiger partial charge in [-0.1, -0.05) is 67.0 Å². The number of hydrogen-bond donors (Lipinski definition) is 1. The second-order valence-electron chi connectivity index (χ2n) is 10.8. The van der Waals surface area contributed by atoms with E-state index in [1.807, 2.05) is 66.7 Å². The van der Waals surface area contributed by atoms with E-state index >= 15 is 0 Å². The van der Waals surface area contributed by atoms with Crippen LogP contribution in [0.3, 0.4) is 0 Å². The number of fused-ring (bicyclic) bond motifs is 1. The van der Waals surface area contributed by atoms with Crippen LogP contribution in [0.2, 0.25) is 0 Å². The van der Waals surface area contributed by atoms with Gasteiger partial charge in [-0.25, -0.2) is 9.59 Å². The molecule has 1 N–H and O–H groups in total. The molecule has 0 saturated carbocycles. The molecule has 0 spiro atoms. The van der Waals surface area contributed by atoms with Crippen molar-refractivity contribution in [3.8, 4) is 34.0 Å². The minimum absolute atomic E-state index is 0. The first kappa shape index (κ1) is 28.9. The third kappa shape index (κ3) is 5.88. The molecular weight excluding hydrogens is 529 g/mol. The molecule has 0 bridgehead atoms. The van der Waals surface area contributed by atoms with E-state index in [2.05, 4.69) is 30.9 Å². The monoisotopic (exact) mass is 561 g/mol. The summed E-state index contributed by atoms with van der Waals surface area (Å²) in [7, 11) is 0. The van der Waals surface area contributed by atoms with Crippen LogP contribution in [0.15, 0.2) is 80.8 Å². The van der Waals surface area contributed by atoms with Gasteiger partial charge in [-0.3, -0.25) is 14.1 Å². The van der Waals surface area contributed by atoms with Gasteiger partial charge in [0, 0.05) is 24.0 Å². The molecule has 0 saturated heterocycles. The van der Waals surface area contributed by atoms with E-state index in [0.717, 1.165) is 70.8 Å². The molecular formula is C31H32N5NaO4. The Balaban J connectivity index is 0.00000337. The van der Waals surface area contributed by atoms with E-state index in [-0.39, 0.29) is 40.8 Å². The fourth-order valence-electron chi connectivity index (χ4n) is 5.27. The van der Waals surface area contributed by atoms with Gasteiger partial charge in [0.15, 0.2) is 5.82 Å². The first-order valence-electron chi connectivity index (χ1n) is 13.6. The van der Waals surface area contributed by atoms with Crippen LogP contribution in [-0.4, -0.2) is 59.6 Å². The fraction of sp³-hybridized carbons (Fsp3) is 0.290. The third-order valence-electron chi connectivity index (χ3n) is 7.21. The first-order chi connectivity index (χ1) is 19.3. The molecule has 206 valence electrons. The summed E-state index contributed by atoms with van der Waals surface area (Å²) in [5.41, 5.74) is 5.05. The van der Waals surface area contributed by atoms with Crippen molar-refractivity contribution in [2.45, 2.75) is 58.6 Å². The van der Waals surface area contributed by atoms with Crippen molar-refractivity contribution >= 4 is 29.6 Å². The summed E-state index contributed by atoms with van der Waals surface area (Å²) in [6.07, 6.45) is 3.47. The SMILES string of the molecule is CCCCc1nn(-c2ccc3c(c2)CC(C)(C)O3)c(=O)n1Cc1ccc(-c2ccccc2-c2noc(=O)[nH]2)cc1.[NaH]. The van der Waals surface area contributed by atoms with Crippen LogP contribution in [0, 0.1) is 0 Å². The van der Waals surface area contributed by atoms with Gasteiger partial charge in [0.05, 0.1) is 12.2 Å². The molecule has 2 aromatic heterocycles. The van der Waals surface area contributed by atoms with Gasteiger partial charge in [-0.05, 0) is 55.2 Å². The van der Waals surface area contributed by atoms with Crippen LogP contribution in [-0.2, 0) is 19.4 Å². The molecule has 3 heterocycles. The summed E-state index contributed by atoms with van der Waals surface area (Å²) < 4.78 is 14.0. The van der Waals surface area contributed by atoms with Crippen LogP contribution in [0.25, 0.3) is 28.2 Å². The van der Waals surface area contributed by atoms with Crippen LogP contribution in [0.4, 0.5) is 0 Å². The van der Waals surface area contributed by atoms with E-state index in [4.69, 9.17) is 14.4 Å². The average molecular weight is 562 g/mol. The molecule has 0 fully saturated rings. The molecule has 0 unspecified atom stereocenters. The summed E-state index contributed by atoms with van der Waals surface area (Å²) >= 11 is 0. The molecule has 0 radical (unpaired) electrons. The van der Waals surface area contributed by atoms with Gasteiger partial charge >= 0.3 is 41.0 Å². The zero-order valence-electron chi connectivity index (χ0n) is 22.8. The summed E-state index contributed by atoms with van der Waals surface area (Å²) in [6, 6.07) is 21.6. The molecule has 0 amide bonds. The van der Waals surface area contributed by atoms with E-state index in [9.17, 15) is 9.59 Å². The molecule has 1 aliphatic heterocycles. The fourth-order valence-corrected chi connectivity index (χ4v) is 5.27.